The van der Waals surface area contributed by atoms with Crippen molar-refractivity contribution in [3.63, 3.8) is 0 Å². The third kappa shape index (κ3) is 3.24. The molecule has 3 heteroatoms. The van der Waals surface area contributed by atoms with Gasteiger partial charge in [-0.3, -0.25) is 4.98 Å². The van der Waals surface area contributed by atoms with Gasteiger partial charge in [0.15, 0.2) is 0 Å². The summed E-state index contributed by atoms with van der Waals surface area (Å²) in [6.45, 7) is 1.96. The number of hydrogen-bond acceptors (Lipinski definition) is 3. The second-order valence-corrected chi connectivity index (χ2v) is 3.27. The Morgan fingerprint density at radius 2 is 2.42 bits per heavy atom. The first-order chi connectivity index (χ1) is 5.83. The second-order valence-electron chi connectivity index (χ2n) is 2.82. The van der Waals surface area contributed by atoms with Gasteiger partial charge in [-0.05, 0) is 18.7 Å². The van der Waals surface area contributed by atoms with Gasteiger partial charge in [0.05, 0.1) is 0 Å². The zero-order valence-electron chi connectivity index (χ0n) is 7.27. The molecule has 0 spiro atoms. The van der Waals surface area contributed by atoms with E-state index >= 15 is 0 Å². The van der Waals surface area contributed by atoms with Crippen LogP contribution in [0.1, 0.15) is 5.56 Å². The van der Waals surface area contributed by atoms with Crippen molar-refractivity contribution in [3.05, 3.63) is 30.1 Å². The van der Waals surface area contributed by atoms with Gasteiger partial charge in [0.2, 0.25) is 0 Å². The molecule has 0 aliphatic carbocycles. The Morgan fingerprint density at radius 3 is 3.00 bits per heavy atom. The SMILES string of the molecule is CN(CCS)Cc1cccnc1. The maximum atomic E-state index is 4.17. The van der Waals surface area contributed by atoms with Crippen LogP contribution in [0.2, 0.25) is 0 Å². The molecule has 0 amide bonds. The van der Waals surface area contributed by atoms with Crippen molar-refractivity contribution >= 4 is 12.6 Å². The first-order valence-corrected chi connectivity index (χ1v) is 4.64. The fourth-order valence-electron chi connectivity index (χ4n) is 1.05. The molecule has 0 aromatic carbocycles. The maximum absolute atomic E-state index is 4.17. The number of nitrogens with zero attached hydrogens (tertiary/aromatic N) is 2. The molecular formula is C9H14N2S. The molecule has 0 saturated heterocycles. The molecule has 0 atom stereocenters. The lowest BCUT2D eigenvalue weighted by Crippen LogP contribution is -2.19. The minimum atomic E-state index is 0.900. The van der Waals surface area contributed by atoms with Crippen LogP contribution in [0.15, 0.2) is 24.5 Å². The predicted molar refractivity (Wildman–Crippen MR) is 54.4 cm³/mol. The van der Waals surface area contributed by atoms with Crippen molar-refractivity contribution in [2.45, 2.75) is 6.54 Å². The molecule has 0 aliphatic rings. The average molecular weight is 182 g/mol. The van der Waals surface area contributed by atoms with Gasteiger partial charge in [0.25, 0.3) is 0 Å². The number of hydrogen-bond donors (Lipinski definition) is 1. The van der Waals surface area contributed by atoms with Crippen LogP contribution in [0.3, 0.4) is 0 Å². The van der Waals surface area contributed by atoms with Crippen LogP contribution in [0, 0.1) is 0 Å². The van der Waals surface area contributed by atoms with Crippen LogP contribution >= 0.6 is 12.6 Å². The van der Waals surface area contributed by atoms with E-state index in [0.29, 0.717) is 0 Å². The molecule has 1 aromatic rings. The number of rotatable bonds is 4. The van der Waals surface area contributed by atoms with Crippen molar-refractivity contribution in [1.29, 1.82) is 0 Å². The quantitative estimate of drug-likeness (QED) is 0.709. The Balaban J connectivity index is 2.41. The van der Waals surface area contributed by atoms with E-state index in [1.54, 1.807) is 6.20 Å². The highest BCUT2D eigenvalue weighted by Gasteiger charge is 1.97. The van der Waals surface area contributed by atoms with Crippen LogP contribution in [0.25, 0.3) is 0 Å². The van der Waals surface area contributed by atoms with Gasteiger partial charge in [-0.1, -0.05) is 6.07 Å². The van der Waals surface area contributed by atoms with E-state index in [1.807, 2.05) is 12.3 Å². The van der Waals surface area contributed by atoms with Gasteiger partial charge >= 0.3 is 0 Å². The summed E-state index contributed by atoms with van der Waals surface area (Å²) in [6, 6.07) is 4.05. The van der Waals surface area contributed by atoms with E-state index < -0.39 is 0 Å². The molecular weight excluding hydrogens is 168 g/mol. The van der Waals surface area contributed by atoms with Crippen LogP contribution in [-0.4, -0.2) is 29.2 Å². The van der Waals surface area contributed by atoms with E-state index in [1.165, 1.54) is 5.56 Å². The molecule has 0 saturated carbocycles. The van der Waals surface area contributed by atoms with Gasteiger partial charge in [0.1, 0.15) is 0 Å². The van der Waals surface area contributed by atoms with E-state index in [0.717, 1.165) is 18.8 Å². The summed E-state index contributed by atoms with van der Waals surface area (Å²) >= 11 is 4.17. The zero-order chi connectivity index (χ0) is 8.81. The monoisotopic (exact) mass is 182 g/mol. The zero-order valence-corrected chi connectivity index (χ0v) is 8.17. The minimum Gasteiger partial charge on any atom is -0.301 e. The molecule has 0 radical (unpaired) electrons. The summed E-state index contributed by atoms with van der Waals surface area (Å²) < 4.78 is 0. The first kappa shape index (κ1) is 9.55. The van der Waals surface area contributed by atoms with Crippen molar-refractivity contribution in [2.75, 3.05) is 19.3 Å². The molecule has 1 aromatic heterocycles. The fraction of sp³-hybridized carbons (Fsp3) is 0.444. The molecule has 1 rings (SSSR count). The summed E-state index contributed by atoms with van der Waals surface area (Å²) in [5.41, 5.74) is 1.25. The van der Waals surface area contributed by atoms with Crippen molar-refractivity contribution in [3.8, 4) is 0 Å². The number of thiol groups is 1. The Kier molecular flexibility index (Phi) is 4.11. The van der Waals surface area contributed by atoms with E-state index in [2.05, 4.69) is 35.6 Å². The lowest BCUT2D eigenvalue weighted by Gasteiger charge is -2.14. The van der Waals surface area contributed by atoms with E-state index in [-0.39, 0.29) is 0 Å². The minimum absolute atomic E-state index is 0.900. The average Bonchev–Trinajstić information content (AvgIpc) is 2.06. The summed E-state index contributed by atoms with van der Waals surface area (Å²) in [5.74, 6) is 0.900. The molecule has 0 bridgehead atoms. The highest BCUT2D eigenvalue weighted by atomic mass is 32.1. The first-order valence-electron chi connectivity index (χ1n) is 4.01. The topological polar surface area (TPSA) is 16.1 Å². The Labute approximate surface area is 79.0 Å². The van der Waals surface area contributed by atoms with Crippen molar-refractivity contribution in [1.82, 2.24) is 9.88 Å². The molecule has 66 valence electrons. The lowest BCUT2D eigenvalue weighted by atomic mass is 10.3. The van der Waals surface area contributed by atoms with Crippen LogP contribution in [0.5, 0.6) is 0 Å². The third-order valence-electron chi connectivity index (χ3n) is 1.66. The highest BCUT2D eigenvalue weighted by molar-refractivity contribution is 7.80. The summed E-state index contributed by atoms with van der Waals surface area (Å²) in [7, 11) is 2.09. The number of aromatic nitrogens is 1. The predicted octanol–water partition coefficient (Wildman–Crippen LogP) is 1.44. The molecule has 1 heterocycles. The normalized spacial score (nSPS) is 10.6. The molecule has 0 aliphatic heterocycles. The molecule has 0 fully saturated rings. The summed E-state index contributed by atoms with van der Waals surface area (Å²) in [6.07, 6.45) is 3.69. The van der Waals surface area contributed by atoms with Gasteiger partial charge < -0.3 is 4.90 Å². The summed E-state index contributed by atoms with van der Waals surface area (Å²) in [5, 5.41) is 0. The number of pyridine rings is 1. The second kappa shape index (κ2) is 5.17. The standard InChI is InChI=1S/C9H14N2S/c1-11(5-6-12)8-9-3-2-4-10-7-9/h2-4,7,12H,5-6,8H2,1H3. The lowest BCUT2D eigenvalue weighted by molar-refractivity contribution is 0.348. The Bertz CT molecular complexity index is 213. The van der Waals surface area contributed by atoms with Crippen molar-refractivity contribution in [2.24, 2.45) is 0 Å². The van der Waals surface area contributed by atoms with Crippen LogP contribution in [-0.2, 0) is 6.54 Å². The largest absolute Gasteiger partial charge is 0.301 e. The van der Waals surface area contributed by atoms with Crippen LogP contribution in [0.4, 0.5) is 0 Å². The Hall–Kier alpha value is -0.540. The van der Waals surface area contributed by atoms with E-state index in [4.69, 9.17) is 0 Å². The van der Waals surface area contributed by atoms with Crippen molar-refractivity contribution < 1.29 is 0 Å². The third-order valence-corrected chi connectivity index (χ3v) is 1.86. The molecule has 12 heavy (non-hydrogen) atoms. The molecule has 2 nitrogen and oxygen atoms in total. The smallest absolute Gasteiger partial charge is 0.0312 e. The molecule has 0 unspecified atom stereocenters. The Morgan fingerprint density at radius 1 is 1.58 bits per heavy atom. The fourth-order valence-corrected chi connectivity index (χ4v) is 1.39. The maximum Gasteiger partial charge on any atom is 0.0312 e. The van der Waals surface area contributed by atoms with Gasteiger partial charge in [0, 0.05) is 31.2 Å². The summed E-state index contributed by atoms with van der Waals surface area (Å²) in [4.78, 5) is 6.28. The van der Waals surface area contributed by atoms with Gasteiger partial charge in [-0.25, -0.2) is 0 Å². The van der Waals surface area contributed by atoms with Gasteiger partial charge in [-0.2, -0.15) is 12.6 Å². The highest BCUT2D eigenvalue weighted by Crippen LogP contribution is 1.99. The van der Waals surface area contributed by atoms with E-state index in [9.17, 15) is 0 Å². The van der Waals surface area contributed by atoms with Crippen LogP contribution < -0.4 is 0 Å². The van der Waals surface area contributed by atoms with Gasteiger partial charge in [-0.15, -0.1) is 0 Å². The molecule has 0 N–H and O–H groups in total.